The molecule has 1 atom stereocenters. The molecule has 0 aliphatic carbocycles. The quantitative estimate of drug-likeness (QED) is 0.859. The molecule has 0 saturated carbocycles. The Labute approximate surface area is 136 Å². The van der Waals surface area contributed by atoms with E-state index in [1.54, 1.807) is 0 Å². The Hall–Kier alpha value is -2.33. The van der Waals surface area contributed by atoms with E-state index in [0.29, 0.717) is 6.61 Å². The van der Waals surface area contributed by atoms with Crippen LogP contribution in [0.2, 0.25) is 0 Å². The van der Waals surface area contributed by atoms with Crippen molar-refractivity contribution in [2.75, 3.05) is 0 Å². The maximum Gasteiger partial charge on any atom is 0.335 e. The molecule has 0 bridgehead atoms. The van der Waals surface area contributed by atoms with Crippen LogP contribution in [-0.2, 0) is 17.8 Å². The second kappa shape index (κ2) is 6.84. The Morgan fingerprint density at radius 3 is 2.17 bits per heavy atom. The maximum atomic E-state index is 11.0. The van der Waals surface area contributed by atoms with Crippen molar-refractivity contribution in [2.45, 2.75) is 39.4 Å². The number of carboxylic acids is 1. The molecular formula is C19H22O4. The molecule has 0 aromatic heterocycles. The Balaban J connectivity index is 2.16. The van der Waals surface area contributed by atoms with Crippen molar-refractivity contribution in [3.63, 3.8) is 0 Å². The number of rotatable bonds is 6. The van der Waals surface area contributed by atoms with Crippen molar-refractivity contribution in [1.82, 2.24) is 0 Å². The average Bonchev–Trinajstić information content (AvgIpc) is 2.46. The summed E-state index contributed by atoms with van der Waals surface area (Å²) in [5.74, 6) is -0.426. The molecule has 122 valence electrons. The number of aryl methyl sites for hydroxylation is 2. The van der Waals surface area contributed by atoms with Gasteiger partial charge in [0.05, 0.1) is 0 Å². The zero-order valence-corrected chi connectivity index (χ0v) is 13.7. The minimum Gasteiger partial charge on any atom is -0.488 e. The number of hydrogen-bond donors (Lipinski definition) is 2. The molecule has 2 aromatic rings. The smallest absolute Gasteiger partial charge is 0.335 e. The second-order valence-corrected chi connectivity index (χ2v) is 6.09. The summed E-state index contributed by atoms with van der Waals surface area (Å²) in [7, 11) is 0. The molecule has 0 saturated heterocycles. The highest BCUT2D eigenvalue weighted by molar-refractivity contribution is 5.77. The van der Waals surface area contributed by atoms with Gasteiger partial charge in [-0.15, -0.1) is 0 Å². The molecule has 1 unspecified atom stereocenters. The second-order valence-electron chi connectivity index (χ2n) is 6.09. The van der Waals surface area contributed by atoms with Crippen LogP contribution in [0.5, 0.6) is 5.75 Å². The molecule has 2 rings (SSSR count). The number of hydrogen-bond acceptors (Lipinski definition) is 3. The van der Waals surface area contributed by atoms with Crippen LogP contribution in [0.3, 0.4) is 0 Å². The first-order valence-electron chi connectivity index (χ1n) is 7.52. The van der Waals surface area contributed by atoms with E-state index in [9.17, 15) is 9.90 Å². The predicted octanol–water partition coefficient (Wildman–Crippen LogP) is 3.26. The van der Waals surface area contributed by atoms with Gasteiger partial charge in [-0.2, -0.15) is 0 Å². The van der Waals surface area contributed by atoms with Crippen LogP contribution in [0.4, 0.5) is 0 Å². The van der Waals surface area contributed by atoms with Crippen LogP contribution in [0.15, 0.2) is 42.5 Å². The largest absolute Gasteiger partial charge is 0.488 e. The summed E-state index contributed by atoms with van der Waals surface area (Å²) in [5, 5.41) is 18.9. The Kier molecular flexibility index (Phi) is 5.06. The number of aliphatic carboxylic acids is 1. The highest BCUT2D eigenvalue weighted by Gasteiger charge is 2.30. The van der Waals surface area contributed by atoms with Gasteiger partial charge in [-0.3, -0.25) is 0 Å². The Morgan fingerprint density at radius 1 is 1.09 bits per heavy atom. The van der Waals surface area contributed by atoms with Crippen molar-refractivity contribution < 1.29 is 19.7 Å². The lowest BCUT2D eigenvalue weighted by Gasteiger charge is -2.20. The van der Waals surface area contributed by atoms with Crippen LogP contribution in [0, 0.1) is 13.8 Å². The van der Waals surface area contributed by atoms with Gasteiger partial charge in [0.1, 0.15) is 12.4 Å². The number of ether oxygens (including phenoxy) is 1. The third kappa shape index (κ3) is 4.33. The van der Waals surface area contributed by atoms with E-state index < -0.39 is 11.6 Å². The standard InChI is InChI=1S/C19H22O4/c1-13-9-16(11-19(3,22)18(20)21)10-14(2)17(13)23-12-15-7-5-4-6-8-15/h4-10,22H,11-12H2,1-3H3,(H,20,21). The van der Waals surface area contributed by atoms with Gasteiger partial charge < -0.3 is 14.9 Å². The number of aliphatic hydroxyl groups is 1. The predicted molar refractivity (Wildman–Crippen MR) is 88.7 cm³/mol. The zero-order chi connectivity index (χ0) is 17.0. The van der Waals surface area contributed by atoms with Crippen molar-refractivity contribution in [3.05, 3.63) is 64.7 Å². The molecule has 0 spiro atoms. The van der Waals surface area contributed by atoms with Crippen molar-refractivity contribution in [1.29, 1.82) is 0 Å². The average molecular weight is 314 g/mol. The summed E-state index contributed by atoms with van der Waals surface area (Å²) in [5.41, 5.74) is 1.95. The highest BCUT2D eigenvalue weighted by Crippen LogP contribution is 2.27. The summed E-state index contributed by atoms with van der Waals surface area (Å²) in [6.45, 7) is 5.63. The molecule has 0 radical (unpaired) electrons. The van der Waals surface area contributed by atoms with E-state index in [4.69, 9.17) is 9.84 Å². The molecule has 0 amide bonds. The normalized spacial score (nSPS) is 13.4. The van der Waals surface area contributed by atoms with Crippen LogP contribution >= 0.6 is 0 Å². The van der Waals surface area contributed by atoms with Crippen LogP contribution < -0.4 is 4.74 Å². The summed E-state index contributed by atoms with van der Waals surface area (Å²) in [4.78, 5) is 11.0. The molecule has 0 aliphatic heterocycles. The molecule has 4 nitrogen and oxygen atoms in total. The van der Waals surface area contributed by atoms with Crippen molar-refractivity contribution >= 4 is 5.97 Å². The minimum absolute atomic E-state index is 0.0585. The molecule has 0 heterocycles. The number of benzene rings is 2. The van der Waals surface area contributed by atoms with Crippen LogP contribution in [0.1, 0.15) is 29.2 Å². The SMILES string of the molecule is Cc1cc(CC(C)(O)C(=O)O)cc(C)c1OCc1ccccc1. The first kappa shape index (κ1) is 17.0. The summed E-state index contributed by atoms with van der Waals surface area (Å²) in [6, 6.07) is 13.6. The van der Waals surface area contributed by atoms with E-state index in [2.05, 4.69) is 0 Å². The third-order valence-electron chi connectivity index (χ3n) is 3.76. The van der Waals surface area contributed by atoms with Crippen molar-refractivity contribution in [3.8, 4) is 5.75 Å². The Morgan fingerprint density at radius 2 is 1.65 bits per heavy atom. The summed E-state index contributed by atoms with van der Waals surface area (Å²) >= 11 is 0. The van der Waals surface area contributed by atoms with Gasteiger partial charge in [0.2, 0.25) is 0 Å². The van der Waals surface area contributed by atoms with Gasteiger partial charge in [-0.1, -0.05) is 42.5 Å². The van der Waals surface area contributed by atoms with Gasteiger partial charge in [-0.25, -0.2) is 4.79 Å². The van der Waals surface area contributed by atoms with E-state index in [1.807, 2.05) is 56.3 Å². The lowest BCUT2D eigenvalue weighted by molar-refractivity contribution is -0.156. The fourth-order valence-electron chi connectivity index (χ4n) is 2.57. The lowest BCUT2D eigenvalue weighted by Crippen LogP contribution is -2.37. The highest BCUT2D eigenvalue weighted by atomic mass is 16.5. The van der Waals surface area contributed by atoms with Gasteiger partial charge in [0.25, 0.3) is 0 Å². The first-order chi connectivity index (χ1) is 10.8. The van der Waals surface area contributed by atoms with Gasteiger partial charge in [0, 0.05) is 6.42 Å². The topological polar surface area (TPSA) is 66.8 Å². The van der Waals surface area contributed by atoms with Crippen LogP contribution in [0.25, 0.3) is 0 Å². The van der Waals surface area contributed by atoms with Crippen molar-refractivity contribution in [2.24, 2.45) is 0 Å². The van der Waals surface area contributed by atoms with E-state index in [1.165, 1.54) is 6.92 Å². The zero-order valence-electron chi connectivity index (χ0n) is 13.7. The number of carbonyl (C=O) groups is 1. The lowest BCUT2D eigenvalue weighted by atomic mass is 9.94. The van der Waals surface area contributed by atoms with Gasteiger partial charge in [-0.05, 0) is 43.0 Å². The maximum absolute atomic E-state index is 11.0. The van der Waals surface area contributed by atoms with E-state index in [-0.39, 0.29) is 6.42 Å². The molecule has 2 N–H and O–H groups in total. The van der Waals surface area contributed by atoms with Crippen LogP contribution in [-0.4, -0.2) is 21.8 Å². The fourth-order valence-corrected chi connectivity index (χ4v) is 2.57. The Bertz CT molecular complexity index is 667. The summed E-state index contributed by atoms with van der Waals surface area (Å²) < 4.78 is 5.91. The minimum atomic E-state index is -1.77. The van der Waals surface area contributed by atoms with E-state index >= 15 is 0 Å². The van der Waals surface area contributed by atoms with E-state index in [0.717, 1.165) is 28.0 Å². The first-order valence-corrected chi connectivity index (χ1v) is 7.52. The molecule has 4 heteroatoms. The third-order valence-corrected chi connectivity index (χ3v) is 3.76. The van der Waals surface area contributed by atoms with Gasteiger partial charge >= 0.3 is 5.97 Å². The monoisotopic (exact) mass is 314 g/mol. The fraction of sp³-hybridized carbons (Fsp3) is 0.316. The molecular weight excluding hydrogens is 292 g/mol. The molecule has 23 heavy (non-hydrogen) atoms. The molecule has 2 aromatic carbocycles. The summed E-state index contributed by atoms with van der Waals surface area (Å²) in [6.07, 6.45) is 0.0585. The number of carboxylic acid groups (broad SMARTS) is 1. The molecule has 0 aliphatic rings. The van der Waals surface area contributed by atoms with Gasteiger partial charge in [0.15, 0.2) is 5.60 Å². The molecule has 0 fully saturated rings.